The number of anilines is 2. The zero-order chi connectivity index (χ0) is 21.7. The Balaban J connectivity index is 1.70. The zero-order valence-corrected chi connectivity index (χ0v) is 18.3. The number of hydrogen-bond acceptors (Lipinski definition) is 5. The molecule has 0 fully saturated rings. The minimum absolute atomic E-state index is 0.182. The second-order valence-corrected chi connectivity index (χ2v) is 7.78. The predicted octanol–water partition coefficient (Wildman–Crippen LogP) is 5.10. The number of nitrogens with one attached hydrogen (secondary N) is 2. The van der Waals surface area contributed by atoms with Gasteiger partial charge in [-0.25, -0.2) is 0 Å². The standard InChI is InChI=1S/C22H21BrN2O5/c1-22(2,30-16-9-6-14(23)7-10-16)21(27)24-15-8-11-17(19(13-15)28-3)25-20(26)18-5-4-12-29-18/h4-13H,1-3H3,(H,24,27)(H,25,26). The quantitative estimate of drug-likeness (QED) is 0.499. The van der Waals surface area contributed by atoms with E-state index in [2.05, 4.69) is 26.6 Å². The van der Waals surface area contributed by atoms with Crippen LogP contribution in [0.2, 0.25) is 0 Å². The number of carbonyl (C=O) groups is 2. The minimum Gasteiger partial charge on any atom is -0.494 e. The van der Waals surface area contributed by atoms with E-state index >= 15 is 0 Å². The van der Waals surface area contributed by atoms with Crippen LogP contribution in [0, 0.1) is 0 Å². The van der Waals surface area contributed by atoms with Crippen molar-refractivity contribution in [2.24, 2.45) is 0 Å². The van der Waals surface area contributed by atoms with Gasteiger partial charge in [0, 0.05) is 16.2 Å². The van der Waals surface area contributed by atoms with Gasteiger partial charge in [0.1, 0.15) is 11.5 Å². The number of ether oxygens (including phenoxy) is 2. The molecular formula is C22H21BrN2O5. The maximum Gasteiger partial charge on any atom is 0.291 e. The van der Waals surface area contributed by atoms with E-state index in [1.54, 1.807) is 56.3 Å². The number of benzene rings is 2. The average molecular weight is 473 g/mol. The maximum absolute atomic E-state index is 12.8. The first-order chi connectivity index (χ1) is 14.3. The maximum atomic E-state index is 12.8. The van der Waals surface area contributed by atoms with Crippen molar-refractivity contribution in [1.82, 2.24) is 0 Å². The molecule has 0 aliphatic heterocycles. The van der Waals surface area contributed by atoms with Crippen LogP contribution in [0.15, 0.2) is 69.8 Å². The van der Waals surface area contributed by atoms with Gasteiger partial charge >= 0.3 is 0 Å². The third kappa shape index (κ3) is 5.21. The van der Waals surface area contributed by atoms with E-state index < -0.39 is 11.5 Å². The number of hydrogen-bond donors (Lipinski definition) is 2. The van der Waals surface area contributed by atoms with Crippen molar-refractivity contribution >= 4 is 39.1 Å². The van der Waals surface area contributed by atoms with E-state index in [-0.39, 0.29) is 11.7 Å². The lowest BCUT2D eigenvalue weighted by atomic mass is 10.1. The topological polar surface area (TPSA) is 89.8 Å². The summed E-state index contributed by atoms with van der Waals surface area (Å²) in [5.74, 6) is 0.409. The van der Waals surface area contributed by atoms with Crippen LogP contribution >= 0.6 is 15.9 Å². The molecule has 0 radical (unpaired) electrons. The lowest BCUT2D eigenvalue weighted by Gasteiger charge is -2.25. The van der Waals surface area contributed by atoms with Gasteiger partial charge in [0.05, 0.1) is 19.1 Å². The van der Waals surface area contributed by atoms with Gasteiger partial charge in [0.25, 0.3) is 11.8 Å². The Morgan fingerprint density at radius 2 is 1.77 bits per heavy atom. The molecule has 30 heavy (non-hydrogen) atoms. The Morgan fingerprint density at radius 1 is 1.03 bits per heavy atom. The number of carbonyl (C=O) groups excluding carboxylic acids is 2. The molecule has 7 nitrogen and oxygen atoms in total. The van der Waals surface area contributed by atoms with Crippen LogP contribution in [0.4, 0.5) is 11.4 Å². The van der Waals surface area contributed by atoms with E-state index in [0.717, 1.165) is 4.47 Å². The van der Waals surface area contributed by atoms with Crippen LogP contribution in [0.1, 0.15) is 24.4 Å². The fourth-order valence-electron chi connectivity index (χ4n) is 2.59. The van der Waals surface area contributed by atoms with Gasteiger partial charge in [0.15, 0.2) is 11.4 Å². The summed E-state index contributed by atoms with van der Waals surface area (Å²) in [6, 6.07) is 15.3. The summed E-state index contributed by atoms with van der Waals surface area (Å²) in [5.41, 5.74) is -0.171. The van der Waals surface area contributed by atoms with Crippen molar-refractivity contribution in [1.29, 1.82) is 0 Å². The summed E-state index contributed by atoms with van der Waals surface area (Å²) in [6.07, 6.45) is 1.42. The zero-order valence-electron chi connectivity index (χ0n) is 16.7. The first-order valence-electron chi connectivity index (χ1n) is 9.07. The van der Waals surface area contributed by atoms with Gasteiger partial charge in [0.2, 0.25) is 0 Å². The van der Waals surface area contributed by atoms with E-state index in [4.69, 9.17) is 13.9 Å². The van der Waals surface area contributed by atoms with E-state index in [1.165, 1.54) is 13.4 Å². The Labute approximate surface area is 182 Å². The monoisotopic (exact) mass is 472 g/mol. The highest BCUT2D eigenvalue weighted by atomic mass is 79.9. The van der Waals surface area contributed by atoms with Crippen molar-refractivity contribution < 1.29 is 23.5 Å². The molecule has 0 bridgehead atoms. The van der Waals surface area contributed by atoms with E-state index in [1.807, 2.05) is 12.1 Å². The first kappa shape index (κ1) is 21.4. The predicted molar refractivity (Wildman–Crippen MR) is 117 cm³/mol. The van der Waals surface area contributed by atoms with Crippen LogP contribution in [-0.4, -0.2) is 24.5 Å². The largest absolute Gasteiger partial charge is 0.494 e. The molecule has 3 aromatic rings. The van der Waals surface area contributed by atoms with Crippen LogP contribution in [0.5, 0.6) is 11.5 Å². The summed E-state index contributed by atoms with van der Waals surface area (Å²) < 4.78 is 17.2. The average Bonchev–Trinajstić information content (AvgIpc) is 3.25. The van der Waals surface area contributed by atoms with Gasteiger partial charge in [-0.2, -0.15) is 0 Å². The minimum atomic E-state index is -1.12. The molecule has 0 saturated heterocycles. The SMILES string of the molecule is COc1cc(NC(=O)C(C)(C)Oc2ccc(Br)cc2)ccc1NC(=O)c1ccco1. The lowest BCUT2D eigenvalue weighted by Crippen LogP contribution is -2.42. The molecule has 0 atom stereocenters. The summed E-state index contributed by atoms with van der Waals surface area (Å²) in [6.45, 7) is 3.36. The van der Waals surface area contributed by atoms with Gasteiger partial charge in [-0.3, -0.25) is 9.59 Å². The van der Waals surface area contributed by atoms with Crippen LogP contribution < -0.4 is 20.1 Å². The second kappa shape index (κ2) is 9.04. The molecule has 2 amide bonds. The summed E-state index contributed by atoms with van der Waals surface area (Å²) in [7, 11) is 1.48. The molecule has 1 aromatic heterocycles. The third-order valence-corrected chi connectivity index (χ3v) is 4.71. The molecule has 0 unspecified atom stereocenters. The number of furan rings is 1. The summed E-state index contributed by atoms with van der Waals surface area (Å²) in [5, 5.41) is 5.53. The Hall–Kier alpha value is -3.26. The van der Waals surface area contributed by atoms with Crippen molar-refractivity contribution in [3.8, 4) is 11.5 Å². The number of halogens is 1. The van der Waals surface area contributed by atoms with Crippen LogP contribution in [0.25, 0.3) is 0 Å². The van der Waals surface area contributed by atoms with Crippen LogP contribution in [-0.2, 0) is 4.79 Å². The third-order valence-electron chi connectivity index (χ3n) is 4.19. The Kier molecular flexibility index (Phi) is 6.47. The van der Waals surface area contributed by atoms with Gasteiger partial charge in [-0.1, -0.05) is 15.9 Å². The normalized spacial score (nSPS) is 10.9. The fourth-order valence-corrected chi connectivity index (χ4v) is 2.85. The Morgan fingerprint density at radius 3 is 2.40 bits per heavy atom. The molecule has 0 aliphatic rings. The van der Waals surface area contributed by atoms with E-state index in [0.29, 0.717) is 22.9 Å². The van der Waals surface area contributed by atoms with Gasteiger partial charge in [-0.15, -0.1) is 0 Å². The molecule has 0 aliphatic carbocycles. The van der Waals surface area contributed by atoms with Crippen molar-refractivity contribution in [3.63, 3.8) is 0 Å². The molecule has 156 valence electrons. The lowest BCUT2D eigenvalue weighted by molar-refractivity contribution is -0.128. The van der Waals surface area contributed by atoms with Gasteiger partial charge < -0.3 is 24.5 Å². The highest BCUT2D eigenvalue weighted by Crippen LogP contribution is 2.29. The van der Waals surface area contributed by atoms with Crippen molar-refractivity contribution in [2.45, 2.75) is 19.4 Å². The molecule has 2 N–H and O–H groups in total. The second-order valence-electron chi connectivity index (χ2n) is 6.87. The number of amides is 2. The summed E-state index contributed by atoms with van der Waals surface area (Å²) in [4.78, 5) is 24.9. The molecule has 0 saturated carbocycles. The van der Waals surface area contributed by atoms with E-state index in [9.17, 15) is 9.59 Å². The molecule has 8 heteroatoms. The van der Waals surface area contributed by atoms with Gasteiger partial charge in [-0.05, 0) is 62.4 Å². The highest BCUT2D eigenvalue weighted by molar-refractivity contribution is 9.10. The molecule has 0 spiro atoms. The highest BCUT2D eigenvalue weighted by Gasteiger charge is 2.30. The molecule has 1 heterocycles. The number of methoxy groups -OCH3 is 1. The first-order valence-corrected chi connectivity index (χ1v) is 9.87. The van der Waals surface area contributed by atoms with Crippen molar-refractivity contribution in [3.05, 3.63) is 71.1 Å². The smallest absolute Gasteiger partial charge is 0.291 e. The molecule has 3 rings (SSSR count). The van der Waals surface area contributed by atoms with Crippen molar-refractivity contribution in [2.75, 3.05) is 17.7 Å². The number of rotatable bonds is 7. The van der Waals surface area contributed by atoms with Crippen LogP contribution in [0.3, 0.4) is 0 Å². The molecule has 2 aromatic carbocycles. The molecular weight excluding hydrogens is 452 g/mol. The Bertz CT molecular complexity index is 1030. The fraction of sp³-hybridized carbons (Fsp3) is 0.182. The summed E-state index contributed by atoms with van der Waals surface area (Å²) >= 11 is 3.37.